The highest BCUT2D eigenvalue weighted by molar-refractivity contribution is 5.55. The van der Waals surface area contributed by atoms with Crippen LogP contribution in [0.2, 0.25) is 0 Å². The molecule has 3 aromatic rings. The van der Waals surface area contributed by atoms with Crippen molar-refractivity contribution in [1.29, 1.82) is 0 Å². The van der Waals surface area contributed by atoms with Crippen LogP contribution in [0.5, 0.6) is 5.75 Å². The molecule has 8 heteroatoms. The van der Waals surface area contributed by atoms with Crippen molar-refractivity contribution in [1.82, 2.24) is 19.5 Å². The molecule has 156 valence electrons. The predicted octanol–water partition coefficient (Wildman–Crippen LogP) is 2.44. The molecule has 1 aromatic carbocycles. The summed E-state index contributed by atoms with van der Waals surface area (Å²) in [6.45, 7) is 5.86. The molecule has 0 saturated carbocycles. The number of aryl methyl sites for hydroxylation is 2. The van der Waals surface area contributed by atoms with Crippen LogP contribution in [-0.4, -0.2) is 46.3 Å². The molecule has 0 spiro atoms. The van der Waals surface area contributed by atoms with Gasteiger partial charge in [-0.1, -0.05) is 0 Å². The summed E-state index contributed by atoms with van der Waals surface area (Å²) in [5.41, 5.74) is 4.36. The zero-order valence-corrected chi connectivity index (χ0v) is 17.6. The molecule has 0 radical (unpaired) electrons. The number of hydrogen-bond acceptors (Lipinski definition) is 7. The Morgan fingerprint density at radius 1 is 1.17 bits per heavy atom. The van der Waals surface area contributed by atoms with Gasteiger partial charge in [0.2, 0.25) is 5.95 Å². The number of aromatic nitrogens is 4. The molecule has 0 N–H and O–H groups in total. The van der Waals surface area contributed by atoms with Crippen LogP contribution in [0.25, 0.3) is 11.4 Å². The van der Waals surface area contributed by atoms with Crippen LogP contribution in [-0.2, 0) is 11.8 Å². The number of methoxy groups -OCH3 is 1. The number of ether oxygens (including phenoxy) is 2. The van der Waals surface area contributed by atoms with Gasteiger partial charge >= 0.3 is 0 Å². The largest absolute Gasteiger partial charge is 0.496 e. The zero-order chi connectivity index (χ0) is 21.3. The quantitative estimate of drug-likeness (QED) is 0.657. The average Bonchev–Trinajstić information content (AvgIpc) is 2.77. The third kappa shape index (κ3) is 3.78. The second-order valence-electron chi connectivity index (χ2n) is 7.42. The van der Waals surface area contributed by atoms with Gasteiger partial charge in [0.05, 0.1) is 31.6 Å². The molecule has 1 fully saturated rings. The Bertz CT molecular complexity index is 1110. The van der Waals surface area contributed by atoms with Crippen molar-refractivity contribution in [2.75, 3.05) is 31.7 Å². The summed E-state index contributed by atoms with van der Waals surface area (Å²) in [7, 11) is 3.40. The zero-order valence-electron chi connectivity index (χ0n) is 17.6. The van der Waals surface area contributed by atoms with Gasteiger partial charge in [-0.3, -0.25) is 9.36 Å². The van der Waals surface area contributed by atoms with E-state index >= 15 is 0 Å². The van der Waals surface area contributed by atoms with Gasteiger partial charge in [0, 0.05) is 31.4 Å². The summed E-state index contributed by atoms with van der Waals surface area (Å²) in [6.07, 6.45) is 2.90. The summed E-state index contributed by atoms with van der Waals surface area (Å²) in [5.74, 6) is 1.40. The number of morpholine rings is 1. The maximum absolute atomic E-state index is 12.6. The second-order valence-corrected chi connectivity index (χ2v) is 7.42. The van der Waals surface area contributed by atoms with E-state index < -0.39 is 0 Å². The Kier molecular flexibility index (Phi) is 5.50. The van der Waals surface area contributed by atoms with E-state index in [1.165, 1.54) is 23.5 Å². The molecule has 0 bridgehead atoms. The summed E-state index contributed by atoms with van der Waals surface area (Å²) in [4.78, 5) is 27.6. The number of benzene rings is 1. The minimum atomic E-state index is -0.187. The van der Waals surface area contributed by atoms with Gasteiger partial charge in [0.15, 0.2) is 0 Å². The van der Waals surface area contributed by atoms with Crippen molar-refractivity contribution in [2.24, 2.45) is 7.05 Å². The highest BCUT2D eigenvalue weighted by atomic mass is 16.5. The van der Waals surface area contributed by atoms with Crippen molar-refractivity contribution in [3.63, 3.8) is 0 Å². The first kappa shape index (κ1) is 20.0. The third-order valence-corrected chi connectivity index (χ3v) is 5.50. The van der Waals surface area contributed by atoms with E-state index in [0.717, 1.165) is 11.3 Å². The Balaban J connectivity index is 1.70. The summed E-state index contributed by atoms with van der Waals surface area (Å²) >= 11 is 0. The summed E-state index contributed by atoms with van der Waals surface area (Å²) < 4.78 is 13.3. The van der Waals surface area contributed by atoms with E-state index in [9.17, 15) is 4.79 Å². The highest BCUT2D eigenvalue weighted by Crippen LogP contribution is 2.33. The lowest BCUT2D eigenvalue weighted by molar-refractivity contribution is 0.0374. The molecule has 0 aliphatic carbocycles. The fourth-order valence-corrected chi connectivity index (χ4v) is 3.64. The molecular weight excluding hydrogens is 382 g/mol. The van der Waals surface area contributed by atoms with Gasteiger partial charge in [0.1, 0.15) is 18.2 Å². The van der Waals surface area contributed by atoms with E-state index in [1.807, 2.05) is 6.07 Å². The van der Waals surface area contributed by atoms with Gasteiger partial charge in [-0.05, 0) is 43.2 Å². The normalized spacial score (nSPS) is 16.5. The molecule has 1 aliphatic heterocycles. The number of hydrogen-bond donors (Lipinski definition) is 0. The standard InChI is InChI=1S/C22H25N5O3/c1-14-9-16(19(29-4)10-15(14)2)20-12-27(7-8-30-20)22-25-18(11-21(28)26(22)3)17-5-6-23-13-24-17/h5-6,9-11,13,20H,7-8,12H2,1-4H3. The Labute approximate surface area is 175 Å². The molecule has 30 heavy (non-hydrogen) atoms. The summed E-state index contributed by atoms with van der Waals surface area (Å²) in [5, 5.41) is 0. The minimum Gasteiger partial charge on any atom is -0.496 e. The van der Waals surface area contributed by atoms with Crippen molar-refractivity contribution in [2.45, 2.75) is 20.0 Å². The smallest absolute Gasteiger partial charge is 0.255 e. The van der Waals surface area contributed by atoms with Crippen LogP contribution in [0.15, 0.2) is 41.6 Å². The molecule has 1 unspecified atom stereocenters. The van der Waals surface area contributed by atoms with Crippen molar-refractivity contribution in [3.8, 4) is 17.1 Å². The van der Waals surface area contributed by atoms with Crippen LogP contribution in [0.4, 0.5) is 5.95 Å². The maximum atomic E-state index is 12.6. The fourth-order valence-electron chi connectivity index (χ4n) is 3.64. The Morgan fingerprint density at radius 2 is 1.97 bits per heavy atom. The predicted molar refractivity (Wildman–Crippen MR) is 114 cm³/mol. The molecule has 2 aromatic heterocycles. The third-order valence-electron chi connectivity index (χ3n) is 5.50. The molecule has 3 heterocycles. The van der Waals surface area contributed by atoms with Gasteiger partial charge in [0.25, 0.3) is 5.56 Å². The minimum absolute atomic E-state index is 0.139. The number of anilines is 1. The van der Waals surface area contributed by atoms with E-state index in [1.54, 1.807) is 31.0 Å². The van der Waals surface area contributed by atoms with Crippen molar-refractivity contribution in [3.05, 3.63) is 63.8 Å². The van der Waals surface area contributed by atoms with Gasteiger partial charge in [-0.2, -0.15) is 0 Å². The first-order valence-corrected chi connectivity index (χ1v) is 9.84. The Hall–Kier alpha value is -3.26. The first-order chi connectivity index (χ1) is 14.5. The van der Waals surface area contributed by atoms with Crippen LogP contribution in [0.1, 0.15) is 22.8 Å². The molecule has 4 rings (SSSR count). The van der Waals surface area contributed by atoms with E-state index in [2.05, 4.69) is 34.8 Å². The molecule has 0 amide bonds. The molecule has 8 nitrogen and oxygen atoms in total. The molecular formula is C22H25N5O3. The van der Waals surface area contributed by atoms with Crippen molar-refractivity contribution >= 4 is 5.95 Å². The molecule has 1 saturated heterocycles. The second kappa shape index (κ2) is 8.23. The van der Waals surface area contributed by atoms with Crippen LogP contribution < -0.4 is 15.2 Å². The van der Waals surface area contributed by atoms with Crippen molar-refractivity contribution < 1.29 is 9.47 Å². The van der Waals surface area contributed by atoms with E-state index in [4.69, 9.17) is 14.5 Å². The summed E-state index contributed by atoms with van der Waals surface area (Å²) in [6, 6.07) is 7.40. The topological polar surface area (TPSA) is 82.4 Å². The van der Waals surface area contributed by atoms with E-state index in [0.29, 0.717) is 37.0 Å². The molecule has 1 atom stereocenters. The Morgan fingerprint density at radius 3 is 2.70 bits per heavy atom. The van der Waals surface area contributed by atoms with Crippen LogP contribution >= 0.6 is 0 Å². The lowest BCUT2D eigenvalue weighted by Gasteiger charge is -2.35. The van der Waals surface area contributed by atoms with Gasteiger partial charge in [-0.15, -0.1) is 0 Å². The molecule has 1 aliphatic rings. The van der Waals surface area contributed by atoms with Gasteiger partial charge < -0.3 is 14.4 Å². The SMILES string of the molecule is COc1cc(C)c(C)cc1C1CN(c2nc(-c3ccncn3)cc(=O)n2C)CCO1. The fraction of sp³-hybridized carbons (Fsp3) is 0.364. The first-order valence-electron chi connectivity index (χ1n) is 9.84. The highest BCUT2D eigenvalue weighted by Gasteiger charge is 2.27. The lowest BCUT2D eigenvalue weighted by Crippen LogP contribution is -2.41. The van der Waals surface area contributed by atoms with E-state index in [-0.39, 0.29) is 11.7 Å². The maximum Gasteiger partial charge on any atom is 0.255 e. The lowest BCUT2D eigenvalue weighted by atomic mass is 10.00. The van der Waals surface area contributed by atoms with Crippen LogP contribution in [0, 0.1) is 13.8 Å². The van der Waals surface area contributed by atoms with Gasteiger partial charge in [-0.25, -0.2) is 15.0 Å². The number of nitrogens with zero attached hydrogens (tertiary/aromatic N) is 5. The average molecular weight is 407 g/mol. The number of rotatable bonds is 4. The van der Waals surface area contributed by atoms with Crippen LogP contribution in [0.3, 0.4) is 0 Å². The monoisotopic (exact) mass is 407 g/mol.